The number of rotatable bonds is 1. The standard InChI is InChI=1S/C20H14N.Ir/c1-14-5-4-7-17(11-14)20-12-16-10-9-15-6-2-3-8-18(15)19(16)13-21-20;/h2-6,8-13H,1H3;/q-1;. The van der Waals surface area contributed by atoms with Gasteiger partial charge in [0, 0.05) is 31.7 Å². The zero-order valence-electron chi connectivity index (χ0n) is 12.1. The van der Waals surface area contributed by atoms with E-state index in [9.17, 15) is 0 Å². The first kappa shape index (κ1) is 14.9. The maximum absolute atomic E-state index is 4.64. The molecule has 1 heterocycles. The molecule has 1 radical (unpaired) electrons. The van der Waals surface area contributed by atoms with Crippen LogP contribution in [0.25, 0.3) is 32.8 Å². The number of hydrogen-bond acceptors (Lipinski definition) is 1. The molecule has 0 aliphatic heterocycles. The van der Waals surface area contributed by atoms with Crippen LogP contribution in [0.4, 0.5) is 0 Å². The van der Waals surface area contributed by atoms with Crippen molar-refractivity contribution in [2.45, 2.75) is 6.92 Å². The molecule has 1 nitrogen and oxygen atoms in total. The zero-order valence-corrected chi connectivity index (χ0v) is 14.5. The van der Waals surface area contributed by atoms with Crippen molar-refractivity contribution in [1.29, 1.82) is 0 Å². The van der Waals surface area contributed by atoms with Gasteiger partial charge in [-0.25, -0.2) is 0 Å². The number of aryl methyl sites for hydroxylation is 1. The Morgan fingerprint density at radius 1 is 0.864 bits per heavy atom. The summed E-state index contributed by atoms with van der Waals surface area (Å²) in [5.41, 5.74) is 3.25. The molecule has 0 bridgehead atoms. The average Bonchev–Trinajstić information content (AvgIpc) is 2.54. The van der Waals surface area contributed by atoms with Crippen molar-refractivity contribution < 1.29 is 20.1 Å². The third kappa shape index (κ3) is 2.56. The molecule has 0 aliphatic carbocycles. The van der Waals surface area contributed by atoms with E-state index in [0.717, 1.165) is 11.3 Å². The van der Waals surface area contributed by atoms with Crippen LogP contribution in [0.3, 0.4) is 0 Å². The molecule has 4 rings (SSSR count). The van der Waals surface area contributed by atoms with Crippen molar-refractivity contribution in [2.24, 2.45) is 0 Å². The van der Waals surface area contributed by atoms with Crippen molar-refractivity contribution in [3.63, 3.8) is 0 Å². The second-order valence-corrected chi connectivity index (χ2v) is 5.36. The minimum absolute atomic E-state index is 0. The third-order valence-corrected chi connectivity index (χ3v) is 3.86. The van der Waals surface area contributed by atoms with E-state index in [1.807, 2.05) is 12.3 Å². The van der Waals surface area contributed by atoms with E-state index in [1.165, 1.54) is 27.1 Å². The summed E-state index contributed by atoms with van der Waals surface area (Å²) in [7, 11) is 0. The normalized spacial score (nSPS) is 10.6. The molecule has 0 aliphatic rings. The number of pyridine rings is 1. The topological polar surface area (TPSA) is 12.9 Å². The van der Waals surface area contributed by atoms with Gasteiger partial charge in [0.1, 0.15) is 0 Å². The fourth-order valence-corrected chi connectivity index (χ4v) is 2.78. The molecule has 0 N–H and O–H groups in total. The first-order chi connectivity index (χ1) is 10.3. The predicted octanol–water partition coefficient (Wildman–Crippen LogP) is 5.16. The van der Waals surface area contributed by atoms with Crippen LogP contribution in [-0.2, 0) is 20.1 Å². The summed E-state index contributed by atoms with van der Waals surface area (Å²) in [6.07, 6.45) is 1.98. The van der Waals surface area contributed by atoms with Gasteiger partial charge in [-0.1, -0.05) is 49.4 Å². The van der Waals surface area contributed by atoms with Crippen molar-refractivity contribution in [2.75, 3.05) is 0 Å². The molecule has 4 aromatic rings. The third-order valence-electron chi connectivity index (χ3n) is 3.86. The average molecular weight is 461 g/mol. The molecular formula is C20H14IrN-. The molecule has 0 saturated carbocycles. The summed E-state index contributed by atoms with van der Waals surface area (Å²) >= 11 is 0. The minimum atomic E-state index is 0. The van der Waals surface area contributed by atoms with Gasteiger partial charge in [0.05, 0.1) is 0 Å². The van der Waals surface area contributed by atoms with Crippen molar-refractivity contribution >= 4 is 21.5 Å². The second kappa shape index (κ2) is 6.00. The van der Waals surface area contributed by atoms with E-state index < -0.39 is 0 Å². The number of nitrogens with zero attached hydrogens (tertiary/aromatic N) is 1. The monoisotopic (exact) mass is 461 g/mol. The quantitative estimate of drug-likeness (QED) is 0.282. The van der Waals surface area contributed by atoms with Crippen LogP contribution in [0.1, 0.15) is 5.56 Å². The van der Waals surface area contributed by atoms with Crippen molar-refractivity contribution in [3.05, 3.63) is 78.5 Å². The van der Waals surface area contributed by atoms with E-state index >= 15 is 0 Å². The maximum Gasteiger partial charge on any atom is 0.0245 e. The first-order valence-corrected chi connectivity index (χ1v) is 7.07. The Balaban J connectivity index is 0.00000144. The fourth-order valence-electron chi connectivity index (χ4n) is 2.78. The van der Waals surface area contributed by atoms with Gasteiger partial charge in [0.2, 0.25) is 0 Å². The number of fused-ring (bicyclic) bond motifs is 3. The van der Waals surface area contributed by atoms with Crippen LogP contribution >= 0.6 is 0 Å². The second-order valence-electron chi connectivity index (χ2n) is 5.36. The first-order valence-electron chi connectivity index (χ1n) is 7.07. The van der Waals surface area contributed by atoms with Crippen molar-refractivity contribution in [1.82, 2.24) is 4.98 Å². The van der Waals surface area contributed by atoms with Gasteiger partial charge in [-0.15, -0.1) is 35.4 Å². The number of aromatic nitrogens is 1. The predicted molar refractivity (Wildman–Crippen MR) is 88.3 cm³/mol. The van der Waals surface area contributed by atoms with Gasteiger partial charge in [0.15, 0.2) is 0 Å². The van der Waals surface area contributed by atoms with E-state index in [1.54, 1.807) is 0 Å². The Hall–Kier alpha value is -2.02. The van der Waals surface area contributed by atoms with E-state index in [2.05, 4.69) is 72.6 Å². The summed E-state index contributed by atoms with van der Waals surface area (Å²) in [6.45, 7) is 2.09. The van der Waals surface area contributed by atoms with Gasteiger partial charge in [-0.05, 0) is 21.9 Å². The summed E-state index contributed by atoms with van der Waals surface area (Å²) in [6, 6.07) is 24.3. The number of benzene rings is 3. The molecule has 0 fully saturated rings. The SMILES string of the molecule is Cc1cc[c-]c(-c2cc3ccc4ccccc4c3cn2)c1.[Ir]. The molecule has 0 unspecified atom stereocenters. The molecule has 22 heavy (non-hydrogen) atoms. The maximum atomic E-state index is 4.64. The van der Waals surface area contributed by atoms with Gasteiger partial charge < -0.3 is 4.98 Å². The van der Waals surface area contributed by atoms with Crippen LogP contribution in [0.5, 0.6) is 0 Å². The van der Waals surface area contributed by atoms with Gasteiger partial charge in [0.25, 0.3) is 0 Å². The molecule has 0 amide bonds. The Bertz CT molecular complexity index is 960. The summed E-state index contributed by atoms with van der Waals surface area (Å²) in [5.74, 6) is 0. The molecule has 0 atom stereocenters. The van der Waals surface area contributed by atoms with E-state index in [-0.39, 0.29) is 20.1 Å². The Morgan fingerprint density at radius 3 is 2.55 bits per heavy atom. The summed E-state index contributed by atoms with van der Waals surface area (Å²) in [5, 5.41) is 4.92. The van der Waals surface area contributed by atoms with Crippen LogP contribution in [0.15, 0.2) is 66.9 Å². The van der Waals surface area contributed by atoms with Crippen LogP contribution < -0.4 is 0 Å². The molecule has 0 saturated heterocycles. The van der Waals surface area contributed by atoms with Crippen LogP contribution in [0, 0.1) is 13.0 Å². The van der Waals surface area contributed by atoms with Crippen LogP contribution in [0.2, 0.25) is 0 Å². The number of hydrogen-bond donors (Lipinski definition) is 0. The smallest absolute Gasteiger partial charge is 0.0245 e. The van der Waals surface area contributed by atoms with E-state index in [4.69, 9.17) is 0 Å². The molecule has 1 aromatic heterocycles. The molecule has 3 aromatic carbocycles. The summed E-state index contributed by atoms with van der Waals surface area (Å²) < 4.78 is 0. The summed E-state index contributed by atoms with van der Waals surface area (Å²) in [4.78, 5) is 4.64. The zero-order chi connectivity index (χ0) is 14.2. The van der Waals surface area contributed by atoms with Gasteiger partial charge in [-0.2, -0.15) is 0 Å². The molecule has 109 valence electrons. The minimum Gasteiger partial charge on any atom is -0.304 e. The Kier molecular flexibility index (Phi) is 4.06. The van der Waals surface area contributed by atoms with Gasteiger partial charge >= 0.3 is 0 Å². The Morgan fingerprint density at radius 2 is 1.68 bits per heavy atom. The van der Waals surface area contributed by atoms with E-state index in [0.29, 0.717) is 0 Å². The Labute approximate surface area is 143 Å². The van der Waals surface area contributed by atoms with Crippen molar-refractivity contribution in [3.8, 4) is 11.3 Å². The molecule has 2 heteroatoms. The fraction of sp³-hybridized carbons (Fsp3) is 0.0500. The molecule has 0 spiro atoms. The molecular weight excluding hydrogens is 446 g/mol. The van der Waals surface area contributed by atoms with Gasteiger partial charge in [-0.3, -0.25) is 0 Å². The largest absolute Gasteiger partial charge is 0.304 e. The van der Waals surface area contributed by atoms with Crippen LogP contribution in [-0.4, -0.2) is 4.98 Å².